The topological polar surface area (TPSA) is 98.2 Å². The summed E-state index contributed by atoms with van der Waals surface area (Å²) in [6, 6.07) is 18.8. The Kier molecular flexibility index (Phi) is 8.50. The zero-order valence-corrected chi connectivity index (χ0v) is 24.9. The molecule has 3 aromatic rings. The number of piperidine rings is 1. The van der Waals surface area contributed by atoms with Gasteiger partial charge in [0.25, 0.3) is 0 Å². The fraction of sp³-hybridized carbons (Fsp3) is 0.375. The molecule has 42 heavy (non-hydrogen) atoms. The summed E-state index contributed by atoms with van der Waals surface area (Å²) in [5.74, 6) is -2.92. The van der Waals surface area contributed by atoms with E-state index in [1.54, 1.807) is 36.1 Å². The zero-order chi connectivity index (χ0) is 30.2. The molecule has 0 aliphatic carbocycles. The maximum atomic E-state index is 15.0. The van der Waals surface area contributed by atoms with Crippen molar-refractivity contribution in [1.82, 2.24) is 14.1 Å². The third kappa shape index (κ3) is 6.11. The maximum Gasteiger partial charge on any atom is 0.228 e. The Morgan fingerprint density at radius 3 is 2.26 bits per heavy atom. The number of hydrogen-bond donors (Lipinski definition) is 1. The highest BCUT2D eigenvalue weighted by Gasteiger charge is 2.47. The number of ketones is 1. The van der Waals surface area contributed by atoms with Crippen molar-refractivity contribution in [3.05, 3.63) is 100 Å². The van der Waals surface area contributed by atoms with Crippen molar-refractivity contribution >= 4 is 21.7 Å². The summed E-state index contributed by atoms with van der Waals surface area (Å²) < 4.78 is 40.4. The molecule has 5 rings (SSSR count). The monoisotopic (exact) mass is 593 g/mol. The first-order chi connectivity index (χ1) is 19.9. The number of fused-ring (bicyclic) bond motifs is 1. The number of nitrogens with zero attached hydrogens (tertiary/aromatic N) is 3. The van der Waals surface area contributed by atoms with E-state index in [9.17, 15) is 27.5 Å². The Labute approximate surface area is 246 Å². The predicted octanol–water partition coefficient (Wildman–Crippen LogP) is 3.79. The standard InChI is InChI=1S/C32H36FN3O5S/c1-21-26(12-7-13-29(21)33)30-27(31(38)22-10-6-11-25(37)16-22)19-35(15-14-34(2)42(3,40)41)20-28(30)32(39)36-17-23-8-4-5-9-24(23)18-36/h4-13,16,27-28,30,37H,14-15,17-20H2,1-3H3/t27-,28-,30-/m0/s1. The van der Waals surface area contributed by atoms with E-state index in [1.807, 2.05) is 29.2 Å². The average molecular weight is 594 g/mol. The van der Waals surface area contributed by atoms with E-state index >= 15 is 0 Å². The molecule has 0 spiro atoms. The fourth-order valence-electron chi connectivity index (χ4n) is 6.26. The van der Waals surface area contributed by atoms with Crippen LogP contribution in [0.4, 0.5) is 4.39 Å². The summed E-state index contributed by atoms with van der Waals surface area (Å²) in [5.41, 5.74) is 3.44. The highest BCUT2D eigenvalue weighted by Crippen LogP contribution is 2.43. The fourth-order valence-corrected chi connectivity index (χ4v) is 6.68. The molecular formula is C32H36FN3O5S. The van der Waals surface area contributed by atoms with Crippen molar-refractivity contribution in [2.45, 2.75) is 25.9 Å². The number of sulfonamides is 1. The lowest BCUT2D eigenvalue weighted by molar-refractivity contribution is -0.139. The normalized spacial score (nSPS) is 21.0. The van der Waals surface area contributed by atoms with Crippen LogP contribution in [0.5, 0.6) is 5.75 Å². The van der Waals surface area contributed by atoms with E-state index < -0.39 is 33.6 Å². The number of hydrogen-bond acceptors (Lipinski definition) is 6. The van der Waals surface area contributed by atoms with Gasteiger partial charge in [0.2, 0.25) is 15.9 Å². The molecule has 1 fully saturated rings. The number of carbonyl (C=O) groups is 2. The smallest absolute Gasteiger partial charge is 0.228 e. The summed E-state index contributed by atoms with van der Waals surface area (Å²) in [6.07, 6.45) is 1.14. The number of likely N-dealkylation sites (N-methyl/N-ethyl adjacent to an activating group) is 1. The second-order valence-corrected chi connectivity index (χ2v) is 13.5. The SMILES string of the molecule is Cc1c(F)cccc1[C@H]1[C@@H](C(=O)c2cccc(O)c2)CN(CCN(C)S(C)(=O)=O)C[C@@H]1C(=O)N1Cc2ccccc2C1. The minimum atomic E-state index is -3.42. The second-order valence-electron chi connectivity index (χ2n) is 11.4. The van der Waals surface area contributed by atoms with Gasteiger partial charge in [0.1, 0.15) is 11.6 Å². The number of rotatable bonds is 8. The lowest BCUT2D eigenvalue weighted by Gasteiger charge is -2.44. The third-order valence-corrected chi connectivity index (χ3v) is 9.99. The van der Waals surface area contributed by atoms with E-state index in [-0.39, 0.29) is 37.1 Å². The molecule has 1 N–H and O–H groups in total. The molecule has 0 unspecified atom stereocenters. The summed E-state index contributed by atoms with van der Waals surface area (Å²) in [7, 11) is -1.93. The lowest BCUT2D eigenvalue weighted by atomic mass is 9.69. The highest BCUT2D eigenvalue weighted by molar-refractivity contribution is 7.88. The van der Waals surface area contributed by atoms with Crippen LogP contribution in [0.3, 0.4) is 0 Å². The van der Waals surface area contributed by atoms with Gasteiger partial charge in [0.05, 0.1) is 12.2 Å². The van der Waals surface area contributed by atoms with Crippen molar-refractivity contribution in [1.29, 1.82) is 0 Å². The van der Waals surface area contributed by atoms with E-state index in [2.05, 4.69) is 0 Å². The summed E-state index contributed by atoms with van der Waals surface area (Å²) in [6.45, 7) is 3.59. The molecule has 2 aliphatic heterocycles. The van der Waals surface area contributed by atoms with Crippen LogP contribution in [0.2, 0.25) is 0 Å². The maximum absolute atomic E-state index is 15.0. The largest absolute Gasteiger partial charge is 0.508 e. The first-order valence-corrected chi connectivity index (χ1v) is 15.9. The van der Waals surface area contributed by atoms with Gasteiger partial charge in [-0.2, -0.15) is 0 Å². The van der Waals surface area contributed by atoms with Crippen LogP contribution in [0, 0.1) is 24.6 Å². The van der Waals surface area contributed by atoms with Crippen LogP contribution in [0.1, 0.15) is 38.5 Å². The second kappa shape index (κ2) is 11.9. The van der Waals surface area contributed by atoms with Crippen molar-refractivity contribution in [2.24, 2.45) is 11.8 Å². The Bertz CT molecular complexity index is 1590. The van der Waals surface area contributed by atoms with E-state index in [4.69, 9.17) is 0 Å². The number of carbonyl (C=O) groups excluding carboxylic acids is 2. The van der Waals surface area contributed by atoms with Crippen molar-refractivity contribution in [3.8, 4) is 5.75 Å². The highest BCUT2D eigenvalue weighted by atomic mass is 32.2. The molecule has 2 aliphatic rings. The van der Waals surface area contributed by atoms with Crippen LogP contribution >= 0.6 is 0 Å². The van der Waals surface area contributed by atoms with Crippen LogP contribution in [-0.2, 0) is 27.9 Å². The molecule has 222 valence electrons. The van der Waals surface area contributed by atoms with Gasteiger partial charge < -0.3 is 14.9 Å². The molecule has 0 aromatic heterocycles. The average Bonchev–Trinajstić information content (AvgIpc) is 3.40. The zero-order valence-electron chi connectivity index (χ0n) is 24.0. The number of halogens is 1. The van der Waals surface area contributed by atoms with E-state index in [0.29, 0.717) is 36.3 Å². The minimum Gasteiger partial charge on any atom is -0.508 e. The molecule has 3 aromatic carbocycles. The number of benzene rings is 3. The first-order valence-electron chi connectivity index (χ1n) is 14.0. The van der Waals surface area contributed by atoms with Crippen molar-refractivity contribution in [2.75, 3.05) is 39.5 Å². The molecule has 1 amide bonds. The Morgan fingerprint density at radius 1 is 0.976 bits per heavy atom. The molecule has 10 heteroatoms. The van der Waals surface area contributed by atoms with Gasteiger partial charge >= 0.3 is 0 Å². The number of likely N-dealkylation sites (tertiary alicyclic amines) is 1. The lowest BCUT2D eigenvalue weighted by Crippen LogP contribution is -2.54. The molecule has 8 nitrogen and oxygen atoms in total. The molecule has 0 saturated carbocycles. The van der Waals surface area contributed by atoms with Gasteiger partial charge in [0, 0.05) is 63.7 Å². The molecule has 1 saturated heterocycles. The summed E-state index contributed by atoms with van der Waals surface area (Å²) in [4.78, 5) is 32.3. The van der Waals surface area contributed by atoms with E-state index in [1.165, 1.54) is 29.6 Å². The molecular weight excluding hydrogens is 557 g/mol. The van der Waals surface area contributed by atoms with Crippen LogP contribution in [-0.4, -0.2) is 78.8 Å². The molecule has 0 radical (unpaired) electrons. The molecule has 2 heterocycles. The summed E-state index contributed by atoms with van der Waals surface area (Å²) in [5, 5.41) is 10.1. The Morgan fingerprint density at radius 2 is 1.62 bits per heavy atom. The van der Waals surface area contributed by atoms with Crippen LogP contribution in [0.15, 0.2) is 66.7 Å². The Balaban J connectivity index is 1.57. The molecule has 3 atom stereocenters. The number of phenolic OH excluding ortho intramolecular Hbond substituents is 1. The van der Waals surface area contributed by atoms with Crippen LogP contribution < -0.4 is 0 Å². The van der Waals surface area contributed by atoms with Gasteiger partial charge in [-0.25, -0.2) is 17.1 Å². The van der Waals surface area contributed by atoms with Gasteiger partial charge in [0.15, 0.2) is 5.78 Å². The number of aromatic hydroxyl groups is 1. The van der Waals surface area contributed by atoms with Crippen molar-refractivity contribution < 1.29 is 27.5 Å². The predicted molar refractivity (Wildman–Crippen MR) is 158 cm³/mol. The number of phenols is 1. The van der Waals surface area contributed by atoms with E-state index in [0.717, 1.165) is 17.4 Å². The summed E-state index contributed by atoms with van der Waals surface area (Å²) >= 11 is 0. The Hall–Kier alpha value is -3.60. The molecule has 0 bridgehead atoms. The van der Waals surface area contributed by atoms with Gasteiger partial charge in [-0.15, -0.1) is 0 Å². The quantitative estimate of drug-likeness (QED) is 0.399. The number of amides is 1. The third-order valence-electron chi connectivity index (χ3n) is 8.68. The van der Waals surface area contributed by atoms with Gasteiger partial charge in [-0.05, 0) is 47.4 Å². The minimum absolute atomic E-state index is 0.0516. The van der Waals surface area contributed by atoms with Gasteiger partial charge in [-0.3, -0.25) is 9.59 Å². The van der Waals surface area contributed by atoms with Crippen molar-refractivity contribution in [3.63, 3.8) is 0 Å². The number of Topliss-reactive ketones (excluding diaryl/α,β-unsaturated/α-hetero) is 1. The first kappa shape index (κ1) is 29.9. The van der Waals surface area contributed by atoms with Gasteiger partial charge in [-0.1, -0.05) is 48.5 Å². The van der Waals surface area contributed by atoms with Crippen LogP contribution in [0.25, 0.3) is 0 Å².